The standard InChI is InChI=1S/C76H56O48/c1-16(77)20-8-32(84)49(93)57(101)59(20)115-36-12-23-42(55(99)51(36)95)40-22(10-34(86)47(91)53(40)97)73(109)120-62-39(15-114-70(23)106)118-76(112)66(64(62)122-68(104)18-4-28(80)45(89)29(81)5-18)124-74(110)25-11-35(87)50(94)58(102)60(25)116-37-13-24-43(56(100)52(37)96)41-21(9-33(85)48(92)54(41)98)72(108)119-61-38(14-113-71(24)107)117-75(111)65(123-69(105)19-6-30(82)46(90)31(83)7-19)63(61)121-67(103)17-2-26(78)44(88)27(79)3-17/h2-13,38-39,61-66,75-76,78-102,111-112H,14-15H2,1H3/t38?,39?,61-,62-,63+,64+,65?,66?,75-,76-/m1/s1. The molecule has 4 aliphatic heterocycles. The number of Topliss-reactive ketones (excluding diaryl/α,β-unsaturated/α-hetero) is 1. The zero-order valence-electron chi connectivity index (χ0n) is 61.3. The van der Waals surface area contributed by atoms with E-state index in [9.17, 15) is 171 Å². The maximum Gasteiger partial charge on any atom is 0.342 e. The number of aliphatic hydroxyl groups excluding tert-OH is 2. The summed E-state index contributed by atoms with van der Waals surface area (Å²) in [4.78, 5) is 130. The Balaban J connectivity index is 0.890. The van der Waals surface area contributed by atoms with E-state index in [0.29, 0.717) is 48.5 Å². The molecule has 0 aliphatic carbocycles. The molecule has 0 saturated carbocycles. The number of rotatable bonds is 13. The summed E-state index contributed by atoms with van der Waals surface area (Å²) in [6.07, 6.45) is -26.7. The predicted octanol–water partition coefficient (Wildman–Crippen LogP) is 3.18. The van der Waals surface area contributed by atoms with Crippen LogP contribution < -0.4 is 9.47 Å². The SMILES string of the molecule is CC(=O)c1cc(O)c(O)c(O)c1Oc1cc2c(c(O)c1O)-c1c(cc(O)c(O)c1O)C(=O)O[C@@H]1C(COC2=O)O[C@@H](O)C(OC(=O)c2cc(O)c(O)c(O)c2Oc2cc3c(c(O)c2O)-c2c(cc(O)c(O)c2O)C(=O)O[C@@H]2C(COC3=O)O[C@@H](O)C(OC(=O)c3cc(O)c(O)c(O)c3)[C@H]2OC(=O)c2cc(O)c(O)c(O)c2)[C@H]1OC(=O)c1cc(O)c(O)c(O)c1. The van der Waals surface area contributed by atoms with Gasteiger partial charge in [0.05, 0.1) is 44.5 Å². The average molecular weight is 1740 g/mol. The van der Waals surface area contributed by atoms with Crippen molar-refractivity contribution in [1.29, 1.82) is 0 Å². The van der Waals surface area contributed by atoms with Gasteiger partial charge >= 0.3 is 47.8 Å². The number of ether oxygens (including phenoxy) is 12. The molecule has 2 fully saturated rings. The fourth-order valence-corrected chi connectivity index (χ4v) is 13.1. The van der Waals surface area contributed by atoms with Gasteiger partial charge in [-0.1, -0.05) is 0 Å². The van der Waals surface area contributed by atoms with E-state index >= 15 is 9.59 Å². The third kappa shape index (κ3) is 14.8. The van der Waals surface area contributed by atoms with Crippen molar-refractivity contribution < 1.29 is 238 Å². The molecule has 48 heteroatoms. The Kier molecular flexibility index (Phi) is 21.6. The van der Waals surface area contributed by atoms with E-state index < -0.39 is 367 Å². The Labute approximate surface area is 682 Å². The highest BCUT2D eigenvalue weighted by Crippen LogP contribution is 2.59. The summed E-state index contributed by atoms with van der Waals surface area (Å²) in [5.74, 6) is -58.2. The van der Waals surface area contributed by atoms with Crippen molar-refractivity contribution in [1.82, 2.24) is 0 Å². The summed E-state index contributed by atoms with van der Waals surface area (Å²) >= 11 is 0. The number of hydrogen-bond acceptors (Lipinski definition) is 48. The minimum atomic E-state index is -2.97. The third-order valence-electron chi connectivity index (χ3n) is 19.2. The molecule has 9 aromatic rings. The Bertz CT molecular complexity index is 6050. The third-order valence-corrected chi connectivity index (χ3v) is 19.2. The van der Waals surface area contributed by atoms with Crippen molar-refractivity contribution in [3.63, 3.8) is 0 Å². The van der Waals surface area contributed by atoms with Crippen molar-refractivity contribution >= 4 is 53.5 Å². The second-order valence-corrected chi connectivity index (χ2v) is 26.9. The lowest BCUT2D eigenvalue weighted by molar-refractivity contribution is -0.284. The molecular formula is C76H56O48. The molecule has 48 nitrogen and oxygen atoms in total. The van der Waals surface area contributed by atoms with Crippen molar-refractivity contribution in [2.24, 2.45) is 0 Å². The number of ketones is 1. The summed E-state index contributed by atoms with van der Waals surface area (Å²) in [7, 11) is 0. The fraction of sp³-hybridized carbons (Fsp3) is 0.171. The number of hydrogen-bond donors (Lipinski definition) is 27. The zero-order valence-corrected chi connectivity index (χ0v) is 61.3. The second-order valence-electron chi connectivity index (χ2n) is 26.9. The van der Waals surface area contributed by atoms with E-state index in [2.05, 4.69) is 0 Å². The van der Waals surface area contributed by atoms with E-state index in [-0.39, 0.29) is 24.3 Å². The minimum absolute atomic E-state index is 0.130. The molecule has 0 radical (unpaired) electrons. The van der Waals surface area contributed by atoms with Crippen LogP contribution in [-0.4, -0.2) is 266 Å². The van der Waals surface area contributed by atoms with Gasteiger partial charge in [-0.05, 0) is 61.5 Å². The number of benzene rings is 9. The molecule has 9 aromatic carbocycles. The van der Waals surface area contributed by atoms with E-state index in [4.69, 9.17) is 56.8 Å². The van der Waals surface area contributed by atoms with E-state index in [1.54, 1.807) is 0 Å². The molecule has 4 unspecified atom stereocenters. The maximum atomic E-state index is 15.1. The Morgan fingerprint density at radius 1 is 0.298 bits per heavy atom. The van der Waals surface area contributed by atoms with Crippen LogP contribution in [0.3, 0.4) is 0 Å². The highest BCUT2D eigenvalue weighted by molar-refractivity contribution is 6.11. The molecule has 10 atom stereocenters. The molecule has 0 spiro atoms. The van der Waals surface area contributed by atoms with Crippen molar-refractivity contribution in [3.05, 3.63) is 123 Å². The first-order valence-corrected chi connectivity index (χ1v) is 34.5. The van der Waals surface area contributed by atoms with Gasteiger partial charge in [-0.15, -0.1) is 0 Å². The molecule has 27 N–H and O–H groups in total. The summed E-state index contributed by atoms with van der Waals surface area (Å²) < 4.78 is 67.0. The summed E-state index contributed by atoms with van der Waals surface area (Å²) in [5, 5.41) is 296. The van der Waals surface area contributed by atoms with Gasteiger partial charge in [0, 0.05) is 40.5 Å². The Morgan fingerprint density at radius 2 is 0.565 bits per heavy atom. The number of esters is 8. The van der Waals surface area contributed by atoms with Gasteiger partial charge in [0.1, 0.15) is 31.0 Å². The van der Waals surface area contributed by atoms with Crippen LogP contribution in [0.25, 0.3) is 22.3 Å². The fourth-order valence-electron chi connectivity index (χ4n) is 13.1. The van der Waals surface area contributed by atoms with Crippen LogP contribution in [0.5, 0.6) is 167 Å². The summed E-state index contributed by atoms with van der Waals surface area (Å²) in [5.41, 5.74) is -15.7. The Hall–Kier alpha value is -17.1. The molecule has 0 bridgehead atoms. The number of carbonyl (C=O) groups excluding carboxylic acids is 9. The number of carbonyl (C=O) groups is 9. The lowest BCUT2D eigenvalue weighted by Gasteiger charge is -2.42. The predicted molar refractivity (Wildman–Crippen MR) is 385 cm³/mol. The molecule has 4 aliphatic rings. The molecule has 2 saturated heterocycles. The number of aliphatic hydroxyl groups is 2. The topological polar surface area (TPSA) is 811 Å². The van der Waals surface area contributed by atoms with Gasteiger partial charge in [0.2, 0.25) is 46.0 Å². The first-order valence-electron chi connectivity index (χ1n) is 34.5. The molecular weight excluding hydrogens is 1680 g/mol. The minimum Gasteiger partial charge on any atom is -0.504 e. The normalized spacial score (nSPS) is 19.8. The van der Waals surface area contributed by atoms with E-state index in [1.807, 2.05) is 0 Å². The molecule has 0 amide bonds. The number of aromatic hydroxyl groups is 25. The highest BCUT2D eigenvalue weighted by atomic mass is 16.7. The van der Waals surface area contributed by atoms with Crippen molar-refractivity contribution in [2.75, 3.05) is 13.2 Å². The summed E-state index contributed by atoms with van der Waals surface area (Å²) in [6.45, 7) is -2.13. The van der Waals surface area contributed by atoms with E-state index in [0.717, 1.165) is 6.92 Å². The van der Waals surface area contributed by atoms with Crippen LogP contribution in [0.2, 0.25) is 0 Å². The first kappa shape index (κ1) is 84.8. The van der Waals surface area contributed by atoms with E-state index in [1.165, 1.54) is 0 Å². The van der Waals surface area contributed by atoms with Gasteiger partial charge in [-0.3, -0.25) is 4.79 Å². The van der Waals surface area contributed by atoms with Crippen LogP contribution >= 0.6 is 0 Å². The Morgan fingerprint density at radius 3 is 0.895 bits per heavy atom. The van der Waals surface area contributed by atoms with Crippen molar-refractivity contribution in [2.45, 2.75) is 68.3 Å². The van der Waals surface area contributed by atoms with Gasteiger partial charge in [-0.25, -0.2) is 38.4 Å². The lowest BCUT2D eigenvalue weighted by atomic mass is 9.91. The lowest BCUT2D eigenvalue weighted by Crippen LogP contribution is -2.62. The number of phenols is 25. The number of cyclic esters (lactones) is 2. The van der Waals surface area contributed by atoms with Crippen LogP contribution in [-0.2, 0) is 47.4 Å². The largest absolute Gasteiger partial charge is 0.504 e. The van der Waals surface area contributed by atoms with Gasteiger partial charge in [0.15, 0.2) is 176 Å². The average Bonchev–Trinajstić information content (AvgIpc) is 1.29. The highest BCUT2D eigenvalue weighted by Gasteiger charge is 2.56. The number of fused-ring (bicyclic) bond motifs is 8. The first-order chi connectivity index (χ1) is 58.3. The maximum absolute atomic E-state index is 15.1. The quantitative estimate of drug-likeness (QED) is 0.0341. The molecule has 0 aromatic heterocycles. The van der Waals surface area contributed by atoms with Crippen LogP contribution in [0.15, 0.2) is 72.8 Å². The molecule has 13 rings (SSSR count). The van der Waals surface area contributed by atoms with Crippen LogP contribution in [0, 0.1) is 0 Å². The molecule has 648 valence electrons. The van der Waals surface area contributed by atoms with Gasteiger partial charge in [0.25, 0.3) is 0 Å². The smallest absolute Gasteiger partial charge is 0.342 e. The van der Waals surface area contributed by atoms with Crippen molar-refractivity contribution in [3.8, 4) is 189 Å². The number of phenolic OH excluding ortho intramolecular Hbond substituents is 25. The monoisotopic (exact) mass is 1740 g/mol. The molecule has 4 heterocycles. The van der Waals surface area contributed by atoms with Gasteiger partial charge in [-0.2, -0.15) is 0 Å². The summed E-state index contributed by atoms with van der Waals surface area (Å²) in [6, 6.07) is 4.56. The van der Waals surface area contributed by atoms with Crippen LogP contribution in [0.1, 0.15) is 100 Å². The van der Waals surface area contributed by atoms with Crippen LogP contribution in [0.4, 0.5) is 0 Å². The molecule has 124 heavy (non-hydrogen) atoms. The van der Waals surface area contributed by atoms with Gasteiger partial charge < -0.3 is 195 Å². The zero-order chi connectivity index (χ0) is 90.6. The second kappa shape index (κ2) is 31.6.